The van der Waals surface area contributed by atoms with E-state index in [1.54, 1.807) is 13.2 Å². The number of ether oxygens (including phenoxy) is 1. The van der Waals surface area contributed by atoms with Crippen LogP contribution in [0.5, 0.6) is 5.75 Å². The second kappa shape index (κ2) is 8.11. The van der Waals surface area contributed by atoms with Crippen LogP contribution < -0.4 is 15.4 Å². The van der Waals surface area contributed by atoms with Crippen LogP contribution in [0.1, 0.15) is 52.4 Å². The molecule has 5 heteroatoms. The number of rotatable bonds is 3. The molecule has 4 aliphatic rings. The Morgan fingerprint density at radius 3 is 2.74 bits per heavy atom. The molecule has 6 rings (SSSR count). The standard InChI is InChI=1S/C30H36N2O3/c1-29-15-13-23-21(9-12-26-30(23,2)16-14-27(33)32-26)22(29)10-11-24(29)28(34)31-25-6-4-5-18-17-19(35-3)7-8-20(18)25/h4-8,14,16-17,21-24,26H,9-13,15H2,1-3H3,(H,31,34)(H,32,33)/t21-,22-,23-,24+,26+,29-,30+/m0/s1. The van der Waals surface area contributed by atoms with Crippen LogP contribution in [0.3, 0.4) is 0 Å². The number of methoxy groups -OCH3 is 1. The number of carbonyl (C=O) groups is 2. The summed E-state index contributed by atoms with van der Waals surface area (Å²) in [4.78, 5) is 25.7. The van der Waals surface area contributed by atoms with E-state index in [-0.39, 0.29) is 34.6 Å². The molecule has 184 valence electrons. The maximum Gasteiger partial charge on any atom is 0.243 e. The van der Waals surface area contributed by atoms with Crippen LogP contribution >= 0.6 is 0 Å². The molecule has 2 aromatic rings. The van der Waals surface area contributed by atoms with Gasteiger partial charge < -0.3 is 15.4 Å². The molecule has 2 amide bonds. The maximum atomic E-state index is 13.7. The molecule has 0 aromatic heterocycles. The van der Waals surface area contributed by atoms with E-state index in [9.17, 15) is 9.59 Å². The minimum atomic E-state index is 0.0303. The van der Waals surface area contributed by atoms with Crippen LogP contribution in [0.15, 0.2) is 48.6 Å². The van der Waals surface area contributed by atoms with E-state index >= 15 is 0 Å². The summed E-state index contributed by atoms with van der Waals surface area (Å²) >= 11 is 0. The van der Waals surface area contributed by atoms with Crippen LogP contribution in [0.25, 0.3) is 10.8 Å². The number of hydrogen-bond donors (Lipinski definition) is 2. The Labute approximate surface area is 207 Å². The Balaban J connectivity index is 1.24. The fraction of sp³-hybridized carbons (Fsp3) is 0.533. The largest absolute Gasteiger partial charge is 0.497 e. The van der Waals surface area contributed by atoms with Gasteiger partial charge in [-0.2, -0.15) is 0 Å². The first-order chi connectivity index (χ1) is 16.8. The molecule has 0 unspecified atom stereocenters. The molecule has 5 nitrogen and oxygen atoms in total. The van der Waals surface area contributed by atoms with Crippen molar-refractivity contribution in [2.45, 2.75) is 58.4 Å². The van der Waals surface area contributed by atoms with E-state index in [2.05, 4.69) is 36.6 Å². The Bertz CT molecular complexity index is 1220. The smallest absolute Gasteiger partial charge is 0.243 e. The molecule has 3 fully saturated rings. The minimum Gasteiger partial charge on any atom is -0.497 e. The van der Waals surface area contributed by atoms with Gasteiger partial charge in [-0.25, -0.2) is 0 Å². The number of amides is 2. The summed E-state index contributed by atoms with van der Waals surface area (Å²) in [6.07, 6.45) is 10.4. The molecule has 2 aromatic carbocycles. The lowest BCUT2D eigenvalue weighted by Gasteiger charge is -2.58. The summed E-state index contributed by atoms with van der Waals surface area (Å²) in [6, 6.07) is 12.3. The molecule has 3 saturated carbocycles. The van der Waals surface area contributed by atoms with Gasteiger partial charge in [0.15, 0.2) is 0 Å². The van der Waals surface area contributed by atoms with Crippen molar-refractivity contribution in [3.63, 3.8) is 0 Å². The average Bonchev–Trinajstić information content (AvgIpc) is 3.21. The Morgan fingerprint density at radius 2 is 1.91 bits per heavy atom. The molecule has 0 spiro atoms. The molecular weight excluding hydrogens is 436 g/mol. The van der Waals surface area contributed by atoms with E-state index in [4.69, 9.17) is 4.74 Å². The van der Waals surface area contributed by atoms with Crippen molar-refractivity contribution in [2.75, 3.05) is 12.4 Å². The Morgan fingerprint density at radius 1 is 1.06 bits per heavy atom. The summed E-state index contributed by atoms with van der Waals surface area (Å²) in [5.74, 6) is 2.84. The second-order valence-electron chi connectivity index (χ2n) is 11.8. The van der Waals surface area contributed by atoms with Crippen molar-refractivity contribution in [3.8, 4) is 5.75 Å². The van der Waals surface area contributed by atoms with Gasteiger partial charge in [-0.3, -0.25) is 9.59 Å². The molecule has 0 bridgehead atoms. The van der Waals surface area contributed by atoms with Gasteiger partial charge in [-0.05, 0) is 97.4 Å². The van der Waals surface area contributed by atoms with Crippen molar-refractivity contribution in [1.82, 2.24) is 5.32 Å². The van der Waals surface area contributed by atoms with Crippen molar-refractivity contribution in [2.24, 2.45) is 34.5 Å². The molecule has 7 atom stereocenters. The minimum absolute atomic E-state index is 0.0303. The first kappa shape index (κ1) is 22.6. The third-order valence-electron chi connectivity index (χ3n) is 10.3. The Kier molecular flexibility index (Phi) is 5.24. The molecule has 3 aliphatic carbocycles. The zero-order chi connectivity index (χ0) is 24.4. The zero-order valence-corrected chi connectivity index (χ0v) is 21.0. The lowest BCUT2D eigenvalue weighted by Crippen LogP contribution is -2.59. The van der Waals surface area contributed by atoms with Crippen LogP contribution in [-0.4, -0.2) is 25.0 Å². The summed E-state index contributed by atoms with van der Waals surface area (Å²) in [5.41, 5.74) is 0.943. The molecule has 1 aliphatic heterocycles. The average molecular weight is 473 g/mol. The molecule has 35 heavy (non-hydrogen) atoms. The Hall–Kier alpha value is -2.82. The third-order valence-corrected chi connectivity index (χ3v) is 10.3. The van der Waals surface area contributed by atoms with Crippen molar-refractivity contribution < 1.29 is 14.3 Å². The van der Waals surface area contributed by atoms with Crippen molar-refractivity contribution >= 4 is 28.3 Å². The molecule has 0 saturated heterocycles. The monoisotopic (exact) mass is 472 g/mol. The summed E-state index contributed by atoms with van der Waals surface area (Å²) in [6.45, 7) is 4.73. The van der Waals surface area contributed by atoms with Crippen LogP contribution in [0.4, 0.5) is 5.69 Å². The van der Waals surface area contributed by atoms with Gasteiger partial charge in [0, 0.05) is 28.4 Å². The first-order valence-electron chi connectivity index (χ1n) is 13.2. The number of hydrogen-bond acceptors (Lipinski definition) is 3. The zero-order valence-electron chi connectivity index (χ0n) is 21.0. The lowest BCUT2D eigenvalue weighted by molar-refractivity contribution is -0.129. The van der Waals surface area contributed by atoms with E-state index in [0.717, 1.165) is 60.7 Å². The molecule has 1 heterocycles. The highest BCUT2D eigenvalue weighted by Gasteiger charge is 2.60. The third kappa shape index (κ3) is 3.41. The lowest BCUT2D eigenvalue weighted by atomic mass is 9.48. The van der Waals surface area contributed by atoms with E-state index in [1.165, 1.54) is 0 Å². The van der Waals surface area contributed by atoms with Crippen LogP contribution in [0.2, 0.25) is 0 Å². The number of fused-ring (bicyclic) bond motifs is 6. The summed E-state index contributed by atoms with van der Waals surface area (Å²) in [5, 5.41) is 8.66. The van der Waals surface area contributed by atoms with Gasteiger partial charge in [0.2, 0.25) is 11.8 Å². The normalized spacial score (nSPS) is 37.7. The van der Waals surface area contributed by atoms with Crippen molar-refractivity contribution in [3.05, 3.63) is 48.6 Å². The van der Waals surface area contributed by atoms with Gasteiger partial charge in [0.1, 0.15) is 5.75 Å². The fourth-order valence-electron chi connectivity index (χ4n) is 8.48. The number of nitrogens with one attached hydrogen (secondary N) is 2. The van der Waals surface area contributed by atoms with Crippen molar-refractivity contribution in [1.29, 1.82) is 0 Å². The summed E-state index contributed by atoms with van der Waals surface area (Å²) < 4.78 is 5.37. The van der Waals surface area contributed by atoms with Gasteiger partial charge in [-0.15, -0.1) is 0 Å². The molecular formula is C30H36N2O3. The predicted molar refractivity (Wildman–Crippen MR) is 138 cm³/mol. The molecule has 2 N–H and O–H groups in total. The highest BCUT2D eigenvalue weighted by molar-refractivity contribution is 6.03. The predicted octanol–water partition coefficient (Wildman–Crippen LogP) is 5.70. The number of carbonyl (C=O) groups excluding carboxylic acids is 2. The highest BCUT2D eigenvalue weighted by Crippen LogP contribution is 2.65. The SMILES string of the molecule is COc1ccc2c(NC(=O)[C@H]3CC[C@H]4[C@@H]5CC[C@H]6NC(=O)C=C[C@]6(C)[C@H]5CC[C@]34C)cccc2c1. The van der Waals surface area contributed by atoms with Crippen LogP contribution in [-0.2, 0) is 9.59 Å². The first-order valence-corrected chi connectivity index (χ1v) is 13.2. The van der Waals surface area contributed by atoms with Gasteiger partial charge >= 0.3 is 0 Å². The van der Waals surface area contributed by atoms with Gasteiger partial charge in [0.25, 0.3) is 0 Å². The summed E-state index contributed by atoms with van der Waals surface area (Å²) in [7, 11) is 1.67. The van der Waals surface area contributed by atoms with Gasteiger partial charge in [0.05, 0.1) is 7.11 Å². The van der Waals surface area contributed by atoms with Crippen LogP contribution in [0, 0.1) is 34.5 Å². The second-order valence-corrected chi connectivity index (χ2v) is 11.8. The number of anilines is 1. The van der Waals surface area contributed by atoms with Gasteiger partial charge in [-0.1, -0.05) is 32.1 Å². The topological polar surface area (TPSA) is 67.4 Å². The maximum absolute atomic E-state index is 13.7. The fourth-order valence-corrected chi connectivity index (χ4v) is 8.48. The quantitative estimate of drug-likeness (QED) is 0.602. The molecule has 0 radical (unpaired) electrons. The van der Waals surface area contributed by atoms with E-state index in [0.29, 0.717) is 17.8 Å². The highest BCUT2D eigenvalue weighted by atomic mass is 16.5. The van der Waals surface area contributed by atoms with E-state index in [1.807, 2.05) is 30.3 Å². The number of benzene rings is 2. The van der Waals surface area contributed by atoms with E-state index < -0.39 is 0 Å².